The van der Waals surface area contributed by atoms with E-state index in [0.717, 1.165) is 31.5 Å². The summed E-state index contributed by atoms with van der Waals surface area (Å²) in [4.78, 5) is 18.2. The molecule has 0 bridgehead atoms. The van der Waals surface area contributed by atoms with Gasteiger partial charge >= 0.3 is 0 Å². The highest BCUT2D eigenvalue weighted by Crippen LogP contribution is 2.11. The predicted molar refractivity (Wildman–Crippen MR) is 75.7 cm³/mol. The number of carbonyl (C=O) groups excluding carboxylic acids is 1. The summed E-state index contributed by atoms with van der Waals surface area (Å²) in [5, 5.41) is 3.29. The van der Waals surface area contributed by atoms with Gasteiger partial charge in [0.15, 0.2) is 0 Å². The second-order valence-corrected chi connectivity index (χ2v) is 5.18. The maximum Gasteiger partial charge on any atom is 0.236 e. The zero-order valence-corrected chi connectivity index (χ0v) is 11.6. The molecule has 19 heavy (non-hydrogen) atoms. The molecular weight excluding hydrogens is 238 g/mol. The Labute approximate surface area is 115 Å². The summed E-state index contributed by atoms with van der Waals surface area (Å²) in [6.45, 7) is 4.31. The zero-order chi connectivity index (χ0) is 13.5. The molecule has 0 unspecified atom stereocenters. The summed E-state index contributed by atoms with van der Waals surface area (Å²) in [5.41, 5.74) is 1.12. The Kier molecular flexibility index (Phi) is 5.33. The van der Waals surface area contributed by atoms with Gasteiger partial charge in [0.25, 0.3) is 0 Å². The second-order valence-electron chi connectivity index (χ2n) is 5.18. The van der Waals surface area contributed by atoms with Crippen molar-refractivity contribution in [2.75, 3.05) is 19.6 Å². The molecule has 1 fully saturated rings. The van der Waals surface area contributed by atoms with Crippen LogP contribution in [0.15, 0.2) is 24.5 Å². The highest BCUT2D eigenvalue weighted by atomic mass is 16.2. The lowest BCUT2D eigenvalue weighted by Gasteiger charge is -2.22. The van der Waals surface area contributed by atoms with Crippen molar-refractivity contribution in [1.82, 2.24) is 15.2 Å². The molecule has 1 aliphatic rings. The molecule has 0 aliphatic carbocycles. The van der Waals surface area contributed by atoms with Crippen LogP contribution in [0.3, 0.4) is 0 Å². The Bertz CT molecular complexity index is 386. The van der Waals surface area contributed by atoms with Gasteiger partial charge in [0.05, 0.1) is 6.54 Å². The third-order valence-corrected chi connectivity index (χ3v) is 3.70. The van der Waals surface area contributed by atoms with Gasteiger partial charge in [-0.2, -0.15) is 0 Å². The van der Waals surface area contributed by atoms with Crippen molar-refractivity contribution in [2.45, 2.75) is 38.6 Å². The number of hydrogen-bond donors (Lipinski definition) is 1. The van der Waals surface area contributed by atoms with Crippen LogP contribution in [0, 0.1) is 0 Å². The Morgan fingerprint density at radius 3 is 2.74 bits per heavy atom. The topological polar surface area (TPSA) is 45.2 Å². The van der Waals surface area contributed by atoms with E-state index in [4.69, 9.17) is 0 Å². The van der Waals surface area contributed by atoms with E-state index in [1.807, 2.05) is 23.2 Å². The molecule has 0 saturated carbocycles. The van der Waals surface area contributed by atoms with Gasteiger partial charge < -0.3 is 10.2 Å². The smallest absolute Gasteiger partial charge is 0.236 e. The van der Waals surface area contributed by atoms with Crippen LogP contribution in [0.4, 0.5) is 0 Å². The molecule has 4 heteroatoms. The van der Waals surface area contributed by atoms with Gasteiger partial charge in [0.1, 0.15) is 0 Å². The van der Waals surface area contributed by atoms with Crippen LogP contribution in [0.1, 0.15) is 44.2 Å². The summed E-state index contributed by atoms with van der Waals surface area (Å²) in [5.74, 6) is 0.220. The van der Waals surface area contributed by atoms with Gasteiger partial charge in [-0.05, 0) is 31.4 Å². The Morgan fingerprint density at radius 2 is 2.11 bits per heavy atom. The average Bonchev–Trinajstić information content (AvgIpc) is 2.74. The summed E-state index contributed by atoms with van der Waals surface area (Å²) in [6, 6.07) is 4.11. The lowest BCUT2D eigenvalue weighted by molar-refractivity contribution is -0.130. The second kappa shape index (κ2) is 7.24. The monoisotopic (exact) mass is 261 g/mol. The lowest BCUT2D eigenvalue weighted by atomic mass is 10.1. The number of nitrogens with one attached hydrogen (secondary N) is 1. The quantitative estimate of drug-likeness (QED) is 0.903. The number of amides is 1. The Balaban J connectivity index is 1.79. The minimum Gasteiger partial charge on any atom is -0.342 e. The molecule has 1 amide bonds. The Hall–Kier alpha value is -1.42. The van der Waals surface area contributed by atoms with Crippen LogP contribution < -0.4 is 5.32 Å². The largest absolute Gasteiger partial charge is 0.342 e. The van der Waals surface area contributed by atoms with E-state index in [1.165, 1.54) is 12.8 Å². The van der Waals surface area contributed by atoms with Crippen molar-refractivity contribution in [2.24, 2.45) is 0 Å². The van der Waals surface area contributed by atoms with Gasteiger partial charge in [0.2, 0.25) is 5.91 Å². The van der Waals surface area contributed by atoms with E-state index >= 15 is 0 Å². The third kappa shape index (κ3) is 4.31. The minimum absolute atomic E-state index is 0.157. The first-order valence-electron chi connectivity index (χ1n) is 7.18. The molecule has 104 valence electrons. The average molecular weight is 261 g/mol. The zero-order valence-electron chi connectivity index (χ0n) is 11.6. The highest BCUT2D eigenvalue weighted by molar-refractivity contribution is 5.78. The Morgan fingerprint density at radius 1 is 1.37 bits per heavy atom. The third-order valence-electron chi connectivity index (χ3n) is 3.70. The molecule has 1 aliphatic heterocycles. The van der Waals surface area contributed by atoms with Gasteiger partial charge in [-0.1, -0.05) is 18.9 Å². The molecule has 1 aromatic heterocycles. The molecule has 2 heterocycles. The van der Waals surface area contributed by atoms with Crippen molar-refractivity contribution < 1.29 is 4.79 Å². The predicted octanol–water partition coefficient (Wildman–Crippen LogP) is 2.13. The van der Waals surface area contributed by atoms with Crippen LogP contribution in [-0.2, 0) is 4.79 Å². The van der Waals surface area contributed by atoms with Gasteiger partial charge in [-0.3, -0.25) is 9.78 Å². The van der Waals surface area contributed by atoms with E-state index in [9.17, 15) is 4.79 Å². The fourth-order valence-electron chi connectivity index (χ4n) is 2.42. The molecular formula is C15H23N3O. The van der Waals surface area contributed by atoms with Crippen LogP contribution in [0.2, 0.25) is 0 Å². The maximum absolute atomic E-state index is 12.1. The van der Waals surface area contributed by atoms with Gasteiger partial charge in [-0.25, -0.2) is 0 Å². The molecule has 0 aromatic carbocycles. The van der Waals surface area contributed by atoms with Crippen molar-refractivity contribution in [3.05, 3.63) is 30.1 Å². The summed E-state index contributed by atoms with van der Waals surface area (Å²) in [7, 11) is 0. The van der Waals surface area contributed by atoms with Crippen LogP contribution >= 0.6 is 0 Å². The van der Waals surface area contributed by atoms with Crippen molar-refractivity contribution >= 4 is 5.91 Å². The first kappa shape index (κ1) is 14.0. The number of nitrogens with zero attached hydrogens (tertiary/aromatic N) is 2. The standard InChI is InChI=1S/C15H23N3O/c1-13(14-7-6-8-16-11-14)17-12-15(19)18-9-4-2-3-5-10-18/h6-8,11,13,17H,2-5,9-10,12H2,1H3/t13-/m1/s1. The molecule has 0 spiro atoms. The first-order valence-corrected chi connectivity index (χ1v) is 7.18. The normalized spacial score (nSPS) is 17.8. The molecule has 1 saturated heterocycles. The summed E-state index contributed by atoms with van der Waals surface area (Å²) >= 11 is 0. The fraction of sp³-hybridized carbons (Fsp3) is 0.600. The number of hydrogen-bond acceptors (Lipinski definition) is 3. The van der Waals surface area contributed by atoms with E-state index in [2.05, 4.69) is 17.2 Å². The molecule has 0 radical (unpaired) electrons. The molecule has 1 N–H and O–H groups in total. The number of pyridine rings is 1. The number of rotatable bonds is 4. The summed E-state index contributed by atoms with van der Waals surface area (Å²) < 4.78 is 0. The van der Waals surface area contributed by atoms with Gasteiger partial charge in [0, 0.05) is 31.5 Å². The first-order chi connectivity index (χ1) is 9.27. The fourth-order valence-corrected chi connectivity index (χ4v) is 2.42. The molecule has 2 rings (SSSR count). The van der Waals surface area contributed by atoms with E-state index in [0.29, 0.717) is 6.54 Å². The van der Waals surface area contributed by atoms with E-state index < -0.39 is 0 Å². The van der Waals surface area contributed by atoms with E-state index in [-0.39, 0.29) is 11.9 Å². The van der Waals surface area contributed by atoms with Gasteiger partial charge in [-0.15, -0.1) is 0 Å². The molecule has 4 nitrogen and oxygen atoms in total. The number of likely N-dealkylation sites (tertiary alicyclic amines) is 1. The summed E-state index contributed by atoms with van der Waals surface area (Å²) in [6.07, 6.45) is 8.40. The maximum atomic E-state index is 12.1. The van der Waals surface area contributed by atoms with Crippen molar-refractivity contribution in [1.29, 1.82) is 0 Å². The minimum atomic E-state index is 0.157. The van der Waals surface area contributed by atoms with Crippen LogP contribution in [-0.4, -0.2) is 35.4 Å². The SMILES string of the molecule is C[C@@H](NCC(=O)N1CCCCCC1)c1cccnc1. The van der Waals surface area contributed by atoms with Crippen molar-refractivity contribution in [3.8, 4) is 0 Å². The number of aromatic nitrogens is 1. The number of carbonyl (C=O) groups is 1. The lowest BCUT2D eigenvalue weighted by Crippen LogP contribution is -2.39. The van der Waals surface area contributed by atoms with Crippen LogP contribution in [0.5, 0.6) is 0 Å². The van der Waals surface area contributed by atoms with Crippen LogP contribution in [0.25, 0.3) is 0 Å². The highest BCUT2D eigenvalue weighted by Gasteiger charge is 2.16. The van der Waals surface area contributed by atoms with E-state index in [1.54, 1.807) is 6.20 Å². The molecule has 1 aromatic rings. The van der Waals surface area contributed by atoms with Crippen molar-refractivity contribution in [3.63, 3.8) is 0 Å². The molecule has 1 atom stereocenters.